The topological polar surface area (TPSA) is 31.9 Å². The number of imidazole rings is 1. The third kappa shape index (κ3) is 1.23. The van der Waals surface area contributed by atoms with Gasteiger partial charge in [0.1, 0.15) is 0 Å². The Kier molecular flexibility index (Phi) is 1.56. The van der Waals surface area contributed by atoms with Crippen LogP contribution in [0.25, 0.3) is 0 Å². The number of nitrogens with one attached hydrogen (secondary N) is 1. The van der Waals surface area contributed by atoms with Crippen molar-refractivity contribution in [1.82, 2.24) is 9.97 Å². The molecule has 1 aromatic heterocycles. The Hall–Kier alpha value is -0.990. The van der Waals surface area contributed by atoms with Crippen LogP contribution in [0.4, 0.5) is 5.95 Å². The Morgan fingerprint density at radius 3 is 2.73 bits per heavy atom. The number of H-pyrrole nitrogens is 1. The summed E-state index contributed by atoms with van der Waals surface area (Å²) in [6.45, 7) is 4.35. The molecule has 3 heteroatoms. The van der Waals surface area contributed by atoms with E-state index in [4.69, 9.17) is 0 Å². The van der Waals surface area contributed by atoms with Gasteiger partial charge in [0.05, 0.1) is 0 Å². The summed E-state index contributed by atoms with van der Waals surface area (Å²) in [5.41, 5.74) is 1.15. The minimum Gasteiger partial charge on any atom is -0.342 e. The molecule has 3 nitrogen and oxygen atoms in total. The summed E-state index contributed by atoms with van der Waals surface area (Å²) in [7, 11) is 0. The van der Waals surface area contributed by atoms with E-state index in [1.54, 1.807) is 0 Å². The summed E-state index contributed by atoms with van der Waals surface area (Å²) in [6.07, 6.45) is 4.49. The van der Waals surface area contributed by atoms with E-state index in [9.17, 15) is 0 Å². The first kappa shape index (κ1) is 6.70. The summed E-state index contributed by atoms with van der Waals surface area (Å²) in [5, 5.41) is 0. The van der Waals surface area contributed by atoms with Crippen molar-refractivity contribution in [2.75, 3.05) is 18.0 Å². The van der Waals surface area contributed by atoms with Gasteiger partial charge in [0.2, 0.25) is 5.95 Å². The molecule has 0 aromatic carbocycles. The van der Waals surface area contributed by atoms with Crippen LogP contribution >= 0.6 is 0 Å². The molecule has 0 spiro atoms. The molecular formula is C8H13N3. The van der Waals surface area contributed by atoms with Crippen LogP contribution in [0.1, 0.15) is 18.5 Å². The number of aromatic nitrogens is 2. The monoisotopic (exact) mass is 151 g/mol. The van der Waals surface area contributed by atoms with Crippen molar-refractivity contribution in [2.24, 2.45) is 0 Å². The maximum Gasteiger partial charge on any atom is 0.202 e. The van der Waals surface area contributed by atoms with Crippen molar-refractivity contribution < 1.29 is 0 Å². The van der Waals surface area contributed by atoms with E-state index in [0.717, 1.165) is 24.7 Å². The summed E-state index contributed by atoms with van der Waals surface area (Å²) in [5.74, 6) is 1.04. The van der Waals surface area contributed by atoms with Crippen molar-refractivity contribution in [1.29, 1.82) is 0 Å². The molecule has 0 aliphatic carbocycles. The highest BCUT2D eigenvalue weighted by molar-refractivity contribution is 5.31. The third-order valence-corrected chi connectivity index (χ3v) is 2.10. The highest BCUT2D eigenvalue weighted by Crippen LogP contribution is 2.15. The normalized spacial score (nSPS) is 17.7. The standard InChI is InChI=1S/C8H13N3/c1-7-6-9-8(10-7)11-4-2-3-5-11/h6H,2-5H2,1H3,(H,9,10). The van der Waals surface area contributed by atoms with Crippen molar-refractivity contribution in [3.05, 3.63) is 11.9 Å². The molecule has 1 fully saturated rings. The average molecular weight is 151 g/mol. The Morgan fingerprint density at radius 2 is 2.18 bits per heavy atom. The maximum atomic E-state index is 4.27. The molecule has 0 atom stereocenters. The molecule has 0 radical (unpaired) electrons. The smallest absolute Gasteiger partial charge is 0.202 e. The van der Waals surface area contributed by atoms with Gasteiger partial charge in [0.25, 0.3) is 0 Å². The number of hydrogen-bond acceptors (Lipinski definition) is 2. The first-order valence-electron chi connectivity index (χ1n) is 4.13. The molecule has 0 saturated carbocycles. The van der Waals surface area contributed by atoms with Gasteiger partial charge in [0, 0.05) is 25.0 Å². The average Bonchev–Trinajstić information content (AvgIpc) is 2.55. The largest absolute Gasteiger partial charge is 0.342 e. The van der Waals surface area contributed by atoms with E-state index >= 15 is 0 Å². The zero-order valence-electron chi connectivity index (χ0n) is 6.80. The molecular weight excluding hydrogens is 138 g/mol. The predicted molar refractivity (Wildman–Crippen MR) is 44.8 cm³/mol. The number of hydrogen-bond donors (Lipinski definition) is 1. The fraction of sp³-hybridized carbons (Fsp3) is 0.625. The van der Waals surface area contributed by atoms with Gasteiger partial charge in [0.15, 0.2) is 0 Å². The van der Waals surface area contributed by atoms with Gasteiger partial charge in [-0.3, -0.25) is 0 Å². The second-order valence-corrected chi connectivity index (χ2v) is 3.08. The molecule has 1 aliphatic heterocycles. The quantitative estimate of drug-likeness (QED) is 0.656. The van der Waals surface area contributed by atoms with E-state index in [0.29, 0.717) is 0 Å². The Labute approximate surface area is 66.4 Å². The molecule has 1 saturated heterocycles. The number of nitrogens with zero attached hydrogens (tertiary/aromatic N) is 2. The number of rotatable bonds is 1. The number of aromatic amines is 1. The van der Waals surface area contributed by atoms with E-state index < -0.39 is 0 Å². The zero-order chi connectivity index (χ0) is 7.68. The van der Waals surface area contributed by atoms with Crippen LogP contribution in [-0.4, -0.2) is 23.1 Å². The first-order chi connectivity index (χ1) is 5.36. The minimum atomic E-state index is 1.04. The Balaban J connectivity index is 2.15. The van der Waals surface area contributed by atoms with Crippen LogP contribution < -0.4 is 4.90 Å². The van der Waals surface area contributed by atoms with E-state index in [1.807, 2.05) is 13.1 Å². The van der Waals surface area contributed by atoms with Gasteiger partial charge in [-0.25, -0.2) is 4.98 Å². The lowest BCUT2D eigenvalue weighted by molar-refractivity contribution is 0.915. The van der Waals surface area contributed by atoms with Gasteiger partial charge in [-0.1, -0.05) is 0 Å². The number of aryl methyl sites for hydroxylation is 1. The van der Waals surface area contributed by atoms with Crippen LogP contribution in [0.15, 0.2) is 6.20 Å². The highest BCUT2D eigenvalue weighted by Gasteiger charge is 2.13. The van der Waals surface area contributed by atoms with Gasteiger partial charge in [-0.2, -0.15) is 0 Å². The second kappa shape index (κ2) is 2.57. The van der Waals surface area contributed by atoms with Crippen LogP contribution in [0.2, 0.25) is 0 Å². The SMILES string of the molecule is Cc1cnc(N2CCCC2)[nH]1. The van der Waals surface area contributed by atoms with Crippen LogP contribution in [0, 0.1) is 6.92 Å². The maximum absolute atomic E-state index is 4.27. The summed E-state index contributed by atoms with van der Waals surface area (Å²) >= 11 is 0. The zero-order valence-corrected chi connectivity index (χ0v) is 6.80. The lowest BCUT2D eigenvalue weighted by Crippen LogP contribution is -2.18. The van der Waals surface area contributed by atoms with E-state index in [-0.39, 0.29) is 0 Å². The lowest BCUT2D eigenvalue weighted by Gasteiger charge is -2.12. The van der Waals surface area contributed by atoms with Crippen molar-refractivity contribution in [3.8, 4) is 0 Å². The molecule has 0 unspecified atom stereocenters. The van der Waals surface area contributed by atoms with Crippen molar-refractivity contribution in [2.45, 2.75) is 19.8 Å². The van der Waals surface area contributed by atoms with Crippen LogP contribution in [0.5, 0.6) is 0 Å². The Bertz CT molecular complexity index is 235. The van der Waals surface area contributed by atoms with Gasteiger partial charge < -0.3 is 9.88 Å². The molecule has 1 N–H and O–H groups in total. The molecule has 60 valence electrons. The summed E-state index contributed by atoms with van der Waals surface area (Å²) in [4.78, 5) is 9.80. The van der Waals surface area contributed by atoms with E-state index in [1.165, 1.54) is 12.8 Å². The minimum absolute atomic E-state index is 1.04. The predicted octanol–water partition coefficient (Wildman–Crippen LogP) is 1.32. The van der Waals surface area contributed by atoms with Gasteiger partial charge >= 0.3 is 0 Å². The molecule has 2 heterocycles. The van der Waals surface area contributed by atoms with Crippen LogP contribution in [-0.2, 0) is 0 Å². The van der Waals surface area contributed by atoms with Gasteiger partial charge in [-0.15, -0.1) is 0 Å². The Morgan fingerprint density at radius 1 is 1.45 bits per heavy atom. The fourth-order valence-electron chi connectivity index (χ4n) is 1.49. The van der Waals surface area contributed by atoms with Crippen molar-refractivity contribution in [3.63, 3.8) is 0 Å². The van der Waals surface area contributed by atoms with Crippen LogP contribution in [0.3, 0.4) is 0 Å². The third-order valence-electron chi connectivity index (χ3n) is 2.10. The molecule has 0 amide bonds. The van der Waals surface area contributed by atoms with Gasteiger partial charge in [-0.05, 0) is 19.8 Å². The summed E-state index contributed by atoms with van der Waals surface area (Å²) < 4.78 is 0. The fourth-order valence-corrected chi connectivity index (χ4v) is 1.49. The van der Waals surface area contributed by atoms with Crippen molar-refractivity contribution >= 4 is 5.95 Å². The molecule has 2 rings (SSSR count). The molecule has 11 heavy (non-hydrogen) atoms. The summed E-state index contributed by atoms with van der Waals surface area (Å²) in [6, 6.07) is 0. The highest BCUT2D eigenvalue weighted by atomic mass is 15.3. The second-order valence-electron chi connectivity index (χ2n) is 3.08. The first-order valence-corrected chi connectivity index (χ1v) is 4.13. The number of anilines is 1. The molecule has 1 aliphatic rings. The molecule has 1 aromatic rings. The van der Waals surface area contributed by atoms with E-state index in [2.05, 4.69) is 14.9 Å². The molecule has 0 bridgehead atoms. The lowest BCUT2D eigenvalue weighted by atomic mass is 10.4.